The lowest BCUT2D eigenvalue weighted by Gasteiger charge is -2.22. The normalized spacial score (nSPS) is 11.1. The van der Waals surface area contributed by atoms with Crippen molar-refractivity contribution < 1.29 is 0 Å². The Labute approximate surface area is 143 Å². The second kappa shape index (κ2) is 8.43. The average molecular weight is 320 g/mol. The van der Waals surface area contributed by atoms with Crippen LogP contribution < -0.4 is 5.73 Å². The van der Waals surface area contributed by atoms with Crippen LogP contribution in [-0.4, -0.2) is 34.3 Å². The lowest BCUT2D eigenvalue weighted by atomic mass is 10.1. The standard InChI is InChI=1S/C20H24N4/c21-13-16-23(15-12-18-7-3-1-4-8-18)17-20-11-14-22-24(20)19-9-5-2-6-10-19/h1-11,14H,12-13,15-17,21H2. The lowest BCUT2D eigenvalue weighted by Crippen LogP contribution is -2.31. The summed E-state index contributed by atoms with van der Waals surface area (Å²) in [4.78, 5) is 2.39. The molecule has 4 heteroatoms. The highest BCUT2D eigenvalue weighted by Crippen LogP contribution is 2.12. The number of para-hydroxylation sites is 1. The van der Waals surface area contributed by atoms with E-state index >= 15 is 0 Å². The summed E-state index contributed by atoms with van der Waals surface area (Å²) >= 11 is 0. The Bertz CT molecular complexity index is 722. The largest absolute Gasteiger partial charge is 0.329 e. The van der Waals surface area contributed by atoms with Gasteiger partial charge in [0.2, 0.25) is 0 Å². The van der Waals surface area contributed by atoms with Gasteiger partial charge in [0, 0.05) is 32.4 Å². The van der Waals surface area contributed by atoms with Crippen molar-refractivity contribution in [1.82, 2.24) is 14.7 Å². The third-order valence-electron chi connectivity index (χ3n) is 4.11. The Balaban J connectivity index is 1.69. The number of nitrogens with zero attached hydrogens (tertiary/aromatic N) is 3. The van der Waals surface area contributed by atoms with Gasteiger partial charge in [-0.25, -0.2) is 4.68 Å². The number of rotatable bonds is 8. The fraction of sp³-hybridized carbons (Fsp3) is 0.250. The Kier molecular flexibility index (Phi) is 5.77. The molecule has 24 heavy (non-hydrogen) atoms. The summed E-state index contributed by atoms with van der Waals surface area (Å²) < 4.78 is 2.01. The molecule has 3 aromatic rings. The van der Waals surface area contributed by atoms with Gasteiger partial charge < -0.3 is 5.73 Å². The molecule has 0 aliphatic heterocycles. The van der Waals surface area contributed by atoms with Gasteiger partial charge >= 0.3 is 0 Å². The average Bonchev–Trinajstić information content (AvgIpc) is 3.10. The first-order valence-electron chi connectivity index (χ1n) is 8.41. The molecule has 0 unspecified atom stereocenters. The van der Waals surface area contributed by atoms with E-state index < -0.39 is 0 Å². The van der Waals surface area contributed by atoms with Crippen molar-refractivity contribution in [3.05, 3.63) is 84.2 Å². The molecule has 0 bridgehead atoms. The zero-order valence-electron chi connectivity index (χ0n) is 13.9. The predicted molar refractivity (Wildman–Crippen MR) is 98.0 cm³/mol. The summed E-state index contributed by atoms with van der Waals surface area (Å²) in [5, 5.41) is 4.48. The molecule has 4 nitrogen and oxygen atoms in total. The first-order valence-corrected chi connectivity index (χ1v) is 8.41. The summed E-state index contributed by atoms with van der Waals surface area (Å²) in [6, 6.07) is 22.9. The van der Waals surface area contributed by atoms with Crippen molar-refractivity contribution in [3.63, 3.8) is 0 Å². The SMILES string of the molecule is NCCN(CCc1ccccc1)Cc1ccnn1-c1ccccc1. The van der Waals surface area contributed by atoms with Crippen molar-refractivity contribution in [1.29, 1.82) is 0 Å². The molecule has 2 N–H and O–H groups in total. The molecular formula is C20H24N4. The van der Waals surface area contributed by atoms with Gasteiger partial charge in [-0.2, -0.15) is 5.10 Å². The summed E-state index contributed by atoms with van der Waals surface area (Å²) in [5.74, 6) is 0. The van der Waals surface area contributed by atoms with Crippen LogP contribution >= 0.6 is 0 Å². The molecule has 2 aromatic carbocycles. The second-order valence-corrected chi connectivity index (χ2v) is 5.87. The van der Waals surface area contributed by atoms with Crippen LogP contribution in [0.2, 0.25) is 0 Å². The Morgan fingerprint density at radius 2 is 1.58 bits per heavy atom. The third kappa shape index (κ3) is 4.31. The van der Waals surface area contributed by atoms with Crippen LogP contribution in [0.4, 0.5) is 0 Å². The van der Waals surface area contributed by atoms with Crippen LogP contribution in [0.5, 0.6) is 0 Å². The quantitative estimate of drug-likeness (QED) is 0.694. The molecule has 124 valence electrons. The van der Waals surface area contributed by atoms with Crippen LogP contribution in [0.15, 0.2) is 72.9 Å². The van der Waals surface area contributed by atoms with Gasteiger partial charge in [0.1, 0.15) is 0 Å². The highest BCUT2D eigenvalue weighted by Gasteiger charge is 2.10. The molecule has 3 rings (SSSR count). The molecule has 0 saturated carbocycles. The topological polar surface area (TPSA) is 47.1 Å². The highest BCUT2D eigenvalue weighted by atomic mass is 15.3. The number of aromatic nitrogens is 2. The van der Waals surface area contributed by atoms with Gasteiger partial charge in [-0.1, -0.05) is 48.5 Å². The van der Waals surface area contributed by atoms with Gasteiger partial charge in [-0.15, -0.1) is 0 Å². The van der Waals surface area contributed by atoms with Crippen molar-refractivity contribution in [3.8, 4) is 5.69 Å². The Hall–Kier alpha value is -2.43. The summed E-state index contributed by atoms with van der Waals surface area (Å²) in [6.07, 6.45) is 2.89. The minimum atomic E-state index is 0.661. The number of benzene rings is 2. The van der Waals surface area contributed by atoms with Crippen molar-refractivity contribution in [2.45, 2.75) is 13.0 Å². The second-order valence-electron chi connectivity index (χ2n) is 5.87. The van der Waals surface area contributed by atoms with Crippen molar-refractivity contribution in [2.24, 2.45) is 5.73 Å². The van der Waals surface area contributed by atoms with Gasteiger partial charge in [0.25, 0.3) is 0 Å². The lowest BCUT2D eigenvalue weighted by molar-refractivity contribution is 0.271. The zero-order valence-corrected chi connectivity index (χ0v) is 13.9. The zero-order chi connectivity index (χ0) is 16.6. The van der Waals surface area contributed by atoms with E-state index in [-0.39, 0.29) is 0 Å². The van der Waals surface area contributed by atoms with Crippen LogP contribution in [0, 0.1) is 0 Å². The van der Waals surface area contributed by atoms with Crippen molar-refractivity contribution in [2.75, 3.05) is 19.6 Å². The fourth-order valence-corrected chi connectivity index (χ4v) is 2.87. The molecule has 0 spiro atoms. The van der Waals surface area contributed by atoms with E-state index in [1.807, 2.05) is 29.1 Å². The van der Waals surface area contributed by atoms with E-state index in [1.165, 1.54) is 11.3 Å². The third-order valence-corrected chi connectivity index (χ3v) is 4.11. The van der Waals surface area contributed by atoms with E-state index in [0.717, 1.165) is 31.7 Å². The van der Waals surface area contributed by atoms with Gasteiger partial charge in [-0.3, -0.25) is 4.90 Å². The van der Waals surface area contributed by atoms with Crippen LogP contribution in [0.3, 0.4) is 0 Å². The molecule has 1 heterocycles. The molecule has 0 radical (unpaired) electrons. The predicted octanol–water partition coefficient (Wildman–Crippen LogP) is 2.88. The van der Waals surface area contributed by atoms with Gasteiger partial charge in [0.05, 0.1) is 11.4 Å². The Morgan fingerprint density at radius 1 is 0.875 bits per heavy atom. The monoisotopic (exact) mass is 320 g/mol. The number of hydrogen-bond donors (Lipinski definition) is 1. The maximum atomic E-state index is 5.81. The molecular weight excluding hydrogens is 296 g/mol. The van der Waals surface area contributed by atoms with Gasteiger partial charge in [-0.05, 0) is 30.2 Å². The Morgan fingerprint density at radius 3 is 2.29 bits per heavy atom. The molecule has 0 amide bonds. The molecule has 1 aromatic heterocycles. The van der Waals surface area contributed by atoms with Crippen LogP contribution in [0.1, 0.15) is 11.3 Å². The minimum absolute atomic E-state index is 0.661. The van der Waals surface area contributed by atoms with E-state index in [1.54, 1.807) is 0 Å². The summed E-state index contributed by atoms with van der Waals surface area (Å²) in [6.45, 7) is 3.38. The van der Waals surface area contributed by atoms with Crippen LogP contribution in [0.25, 0.3) is 5.69 Å². The summed E-state index contributed by atoms with van der Waals surface area (Å²) in [7, 11) is 0. The van der Waals surface area contributed by atoms with E-state index in [9.17, 15) is 0 Å². The maximum absolute atomic E-state index is 5.81. The molecule has 0 aliphatic rings. The molecule has 0 aliphatic carbocycles. The van der Waals surface area contributed by atoms with E-state index in [0.29, 0.717) is 6.54 Å². The van der Waals surface area contributed by atoms with Crippen LogP contribution in [-0.2, 0) is 13.0 Å². The number of nitrogens with two attached hydrogens (primary N) is 1. The number of hydrogen-bond acceptors (Lipinski definition) is 3. The summed E-state index contributed by atoms with van der Waals surface area (Å²) in [5.41, 5.74) is 9.44. The fourth-order valence-electron chi connectivity index (χ4n) is 2.87. The molecule has 0 atom stereocenters. The molecule has 0 saturated heterocycles. The smallest absolute Gasteiger partial charge is 0.0649 e. The minimum Gasteiger partial charge on any atom is -0.329 e. The van der Waals surface area contributed by atoms with E-state index in [4.69, 9.17) is 5.73 Å². The van der Waals surface area contributed by atoms with E-state index in [2.05, 4.69) is 58.5 Å². The van der Waals surface area contributed by atoms with Crippen molar-refractivity contribution >= 4 is 0 Å². The highest BCUT2D eigenvalue weighted by molar-refractivity contribution is 5.32. The first-order chi connectivity index (χ1) is 11.9. The molecule has 0 fully saturated rings. The first kappa shape index (κ1) is 16.4. The van der Waals surface area contributed by atoms with Gasteiger partial charge in [0.15, 0.2) is 0 Å². The maximum Gasteiger partial charge on any atom is 0.0649 e.